The SMILES string of the molecule is CC[C@H]1OC(=O)[C@H](O)[C@@H](O)[C@@H]1O. The molecule has 5 heteroatoms. The molecule has 1 rings (SSSR count). The molecule has 12 heavy (non-hydrogen) atoms. The van der Waals surface area contributed by atoms with Crippen molar-refractivity contribution in [1.29, 1.82) is 0 Å². The summed E-state index contributed by atoms with van der Waals surface area (Å²) < 4.78 is 4.63. The maximum atomic E-state index is 10.8. The minimum Gasteiger partial charge on any atom is -0.458 e. The number of ether oxygens (including phenoxy) is 1. The molecule has 0 unspecified atom stereocenters. The number of hydrogen-bond donors (Lipinski definition) is 3. The monoisotopic (exact) mass is 176 g/mol. The number of esters is 1. The predicted molar refractivity (Wildman–Crippen MR) is 38.2 cm³/mol. The topological polar surface area (TPSA) is 87.0 Å². The minimum absolute atomic E-state index is 0.413. The predicted octanol–water partition coefficient (Wildman–Crippen LogP) is -1.60. The van der Waals surface area contributed by atoms with Gasteiger partial charge in [0.1, 0.15) is 18.3 Å². The zero-order chi connectivity index (χ0) is 9.30. The van der Waals surface area contributed by atoms with Gasteiger partial charge in [0.25, 0.3) is 0 Å². The highest BCUT2D eigenvalue weighted by atomic mass is 16.6. The molecule has 0 aliphatic carbocycles. The van der Waals surface area contributed by atoms with Gasteiger partial charge in [-0.15, -0.1) is 0 Å². The molecule has 0 aromatic heterocycles. The van der Waals surface area contributed by atoms with Crippen molar-refractivity contribution in [2.24, 2.45) is 0 Å². The lowest BCUT2D eigenvalue weighted by atomic mass is 9.98. The van der Waals surface area contributed by atoms with Gasteiger partial charge >= 0.3 is 5.97 Å². The third kappa shape index (κ3) is 1.43. The summed E-state index contributed by atoms with van der Waals surface area (Å²) in [5.74, 6) is -0.875. The normalized spacial score (nSPS) is 42.5. The Morgan fingerprint density at radius 3 is 2.42 bits per heavy atom. The summed E-state index contributed by atoms with van der Waals surface area (Å²) in [7, 11) is 0. The Bertz CT molecular complexity index is 179. The second-order valence-corrected chi connectivity index (χ2v) is 2.81. The molecule has 3 N–H and O–H groups in total. The number of carbonyl (C=O) groups is 1. The number of hydrogen-bond acceptors (Lipinski definition) is 5. The lowest BCUT2D eigenvalue weighted by Gasteiger charge is -2.33. The molecule has 5 nitrogen and oxygen atoms in total. The van der Waals surface area contributed by atoms with Gasteiger partial charge in [-0.2, -0.15) is 0 Å². The fourth-order valence-electron chi connectivity index (χ4n) is 1.16. The Kier molecular flexibility index (Phi) is 2.66. The first-order valence-corrected chi connectivity index (χ1v) is 3.82. The summed E-state index contributed by atoms with van der Waals surface area (Å²) in [5.41, 5.74) is 0. The molecule has 0 radical (unpaired) electrons. The van der Waals surface area contributed by atoms with Gasteiger partial charge in [0.2, 0.25) is 0 Å². The van der Waals surface area contributed by atoms with Crippen LogP contribution in [0.2, 0.25) is 0 Å². The zero-order valence-electron chi connectivity index (χ0n) is 6.67. The van der Waals surface area contributed by atoms with Crippen LogP contribution in [0.15, 0.2) is 0 Å². The summed E-state index contributed by atoms with van der Waals surface area (Å²) in [4.78, 5) is 10.8. The van der Waals surface area contributed by atoms with Crippen molar-refractivity contribution >= 4 is 5.97 Å². The van der Waals surface area contributed by atoms with E-state index in [4.69, 9.17) is 10.2 Å². The van der Waals surface area contributed by atoms with E-state index in [1.54, 1.807) is 6.92 Å². The standard InChI is InChI=1S/C7H12O5/c1-2-3-4(8)5(9)6(10)7(11)12-3/h3-6,8-10H,2H2,1H3/t3-,4-,5+,6-/m1/s1. The molecule has 0 saturated carbocycles. The van der Waals surface area contributed by atoms with Crippen LogP contribution < -0.4 is 0 Å². The fourth-order valence-corrected chi connectivity index (χ4v) is 1.16. The fraction of sp³-hybridized carbons (Fsp3) is 0.857. The van der Waals surface area contributed by atoms with Crippen LogP contribution >= 0.6 is 0 Å². The van der Waals surface area contributed by atoms with Gasteiger partial charge in [-0.05, 0) is 6.42 Å². The molecule has 1 fully saturated rings. The average molecular weight is 176 g/mol. The third-order valence-electron chi connectivity index (χ3n) is 1.97. The van der Waals surface area contributed by atoms with Crippen molar-refractivity contribution in [2.45, 2.75) is 37.8 Å². The highest BCUT2D eigenvalue weighted by Gasteiger charge is 2.42. The Morgan fingerprint density at radius 1 is 1.33 bits per heavy atom. The molecule has 0 amide bonds. The van der Waals surface area contributed by atoms with Gasteiger partial charge in [0.15, 0.2) is 6.10 Å². The van der Waals surface area contributed by atoms with Gasteiger partial charge in [0.05, 0.1) is 0 Å². The molecular formula is C7H12O5. The molecule has 1 aliphatic rings. The second kappa shape index (κ2) is 3.38. The average Bonchev–Trinajstić information content (AvgIpc) is 2.08. The first kappa shape index (κ1) is 9.44. The Labute approximate surface area is 69.6 Å². The summed E-state index contributed by atoms with van der Waals surface area (Å²) in [6.07, 6.45) is -4.55. The van der Waals surface area contributed by atoms with Crippen LogP contribution in [0.1, 0.15) is 13.3 Å². The summed E-state index contributed by atoms with van der Waals surface area (Å²) in [5, 5.41) is 27.3. The lowest BCUT2D eigenvalue weighted by Crippen LogP contribution is -2.55. The van der Waals surface area contributed by atoms with Crippen molar-refractivity contribution in [3.8, 4) is 0 Å². The van der Waals surface area contributed by atoms with Crippen molar-refractivity contribution < 1.29 is 24.9 Å². The molecule has 0 aromatic rings. The highest BCUT2D eigenvalue weighted by molar-refractivity contribution is 5.76. The molecule has 0 aromatic carbocycles. The lowest BCUT2D eigenvalue weighted by molar-refractivity contribution is -0.202. The molecule has 4 atom stereocenters. The van der Waals surface area contributed by atoms with Gasteiger partial charge in [-0.1, -0.05) is 6.92 Å². The van der Waals surface area contributed by atoms with Gasteiger partial charge in [-0.3, -0.25) is 0 Å². The Balaban J connectivity index is 2.70. The van der Waals surface area contributed by atoms with E-state index in [9.17, 15) is 9.90 Å². The number of cyclic esters (lactones) is 1. The number of carbonyl (C=O) groups excluding carboxylic acids is 1. The highest BCUT2D eigenvalue weighted by Crippen LogP contribution is 2.18. The van der Waals surface area contributed by atoms with Crippen LogP contribution in [0.25, 0.3) is 0 Å². The maximum absolute atomic E-state index is 10.8. The van der Waals surface area contributed by atoms with Gasteiger partial charge < -0.3 is 20.1 Å². The Morgan fingerprint density at radius 2 is 1.92 bits per heavy atom. The summed E-state index contributed by atoms with van der Waals surface area (Å²) >= 11 is 0. The third-order valence-corrected chi connectivity index (χ3v) is 1.97. The van der Waals surface area contributed by atoms with E-state index in [0.717, 1.165) is 0 Å². The summed E-state index contributed by atoms with van der Waals surface area (Å²) in [6, 6.07) is 0. The molecule has 0 bridgehead atoms. The van der Waals surface area contributed by atoms with E-state index >= 15 is 0 Å². The second-order valence-electron chi connectivity index (χ2n) is 2.81. The van der Waals surface area contributed by atoms with E-state index in [-0.39, 0.29) is 0 Å². The van der Waals surface area contributed by atoms with E-state index < -0.39 is 30.4 Å². The maximum Gasteiger partial charge on any atom is 0.338 e. The molecule has 1 heterocycles. The first-order valence-electron chi connectivity index (χ1n) is 3.82. The van der Waals surface area contributed by atoms with Crippen molar-refractivity contribution in [3.05, 3.63) is 0 Å². The van der Waals surface area contributed by atoms with E-state index in [1.165, 1.54) is 0 Å². The van der Waals surface area contributed by atoms with Gasteiger partial charge in [0, 0.05) is 0 Å². The quantitative estimate of drug-likeness (QED) is 0.419. The van der Waals surface area contributed by atoms with E-state index in [1.807, 2.05) is 0 Å². The smallest absolute Gasteiger partial charge is 0.338 e. The number of aliphatic hydroxyl groups excluding tert-OH is 3. The van der Waals surface area contributed by atoms with E-state index in [2.05, 4.69) is 4.74 Å². The zero-order valence-corrected chi connectivity index (χ0v) is 6.67. The van der Waals surface area contributed by atoms with E-state index in [0.29, 0.717) is 6.42 Å². The van der Waals surface area contributed by atoms with Crippen molar-refractivity contribution in [1.82, 2.24) is 0 Å². The van der Waals surface area contributed by atoms with Crippen LogP contribution in [0, 0.1) is 0 Å². The number of rotatable bonds is 1. The largest absolute Gasteiger partial charge is 0.458 e. The molecule has 1 saturated heterocycles. The molecule has 70 valence electrons. The minimum atomic E-state index is -1.62. The number of aliphatic hydroxyl groups is 3. The first-order chi connectivity index (χ1) is 5.57. The Hall–Kier alpha value is -0.650. The summed E-state index contributed by atoms with van der Waals surface area (Å²) in [6.45, 7) is 1.71. The molecule has 1 aliphatic heterocycles. The van der Waals surface area contributed by atoms with Gasteiger partial charge in [-0.25, -0.2) is 4.79 Å². The van der Waals surface area contributed by atoms with Crippen molar-refractivity contribution in [2.75, 3.05) is 0 Å². The molecular weight excluding hydrogens is 164 g/mol. The van der Waals surface area contributed by atoms with Crippen LogP contribution in [0.5, 0.6) is 0 Å². The van der Waals surface area contributed by atoms with Crippen LogP contribution in [-0.2, 0) is 9.53 Å². The van der Waals surface area contributed by atoms with Crippen LogP contribution in [0.4, 0.5) is 0 Å². The van der Waals surface area contributed by atoms with Crippen LogP contribution in [0.3, 0.4) is 0 Å². The van der Waals surface area contributed by atoms with Crippen molar-refractivity contribution in [3.63, 3.8) is 0 Å². The van der Waals surface area contributed by atoms with Crippen LogP contribution in [-0.4, -0.2) is 45.7 Å². The molecule has 0 spiro atoms.